The van der Waals surface area contributed by atoms with Crippen LogP contribution in [0.4, 0.5) is 0 Å². The lowest BCUT2D eigenvalue weighted by Crippen LogP contribution is -2.41. The van der Waals surface area contributed by atoms with Crippen molar-refractivity contribution >= 4 is 29.1 Å². The number of rotatable bonds is 3. The van der Waals surface area contributed by atoms with Crippen molar-refractivity contribution in [2.24, 2.45) is 11.7 Å². The Labute approximate surface area is 122 Å². The molecule has 1 aromatic rings. The number of halogens is 2. The first-order valence-corrected chi connectivity index (χ1v) is 6.76. The van der Waals surface area contributed by atoms with Crippen molar-refractivity contribution in [1.29, 1.82) is 0 Å². The zero-order valence-corrected chi connectivity index (χ0v) is 12.1. The van der Waals surface area contributed by atoms with Crippen LogP contribution in [0.2, 0.25) is 10.0 Å². The molecule has 0 aromatic heterocycles. The highest BCUT2D eigenvalue weighted by Crippen LogP contribution is 2.21. The van der Waals surface area contributed by atoms with Crippen molar-refractivity contribution in [1.82, 2.24) is 4.90 Å². The highest BCUT2D eigenvalue weighted by atomic mass is 35.5. The Morgan fingerprint density at radius 3 is 2.53 bits per heavy atom. The van der Waals surface area contributed by atoms with E-state index < -0.39 is 0 Å². The number of amides is 1. The first-order valence-electron chi connectivity index (χ1n) is 6.00. The number of nitrogens with two attached hydrogens (primary N) is 1. The average Bonchev–Trinajstić information content (AvgIpc) is 2.73. The van der Waals surface area contributed by atoms with Gasteiger partial charge in [-0.25, -0.2) is 0 Å². The Bertz CT molecular complexity index is 461. The number of hydrogen-bond acceptors (Lipinski definition) is 3. The van der Waals surface area contributed by atoms with Gasteiger partial charge in [-0.2, -0.15) is 0 Å². The van der Waals surface area contributed by atoms with E-state index in [1.807, 2.05) is 0 Å². The molecule has 0 bridgehead atoms. The van der Waals surface area contributed by atoms with Gasteiger partial charge in [-0.3, -0.25) is 4.79 Å². The highest BCUT2D eigenvalue weighted by molar-refractivity contribution is 6.34. The van der Waals surface area contributed by atoms with E-state index in [1.165, 1.54) is 0 Å². The van der Waals surface area contributed by atoms with Gasteiger partial charge in [0.05, 0.1) is 19.1 Å². The van der Waals surface area contributed by atoms with Gasteiger partial charge >= 0.3 is 0 Å². The molecule has 0 radical (unpaired) electrons. The first kappa shape index (κ1) is 14.6. The van der Waals surface area contributed by atoms with Gasteiger partial charge < -0.3 is 15.4 Å². The van der Waals surface area contributed by atoms with E-state index in [2.05, 4.69) is 0 Å². The van der Waals surface area contributed by atoms with Gasteiger partial charge in [-0.15, -0.1) is 0 Å². The predicted octanol–water partition coefficient (Wildman–Crippen LogP) is 1.93. The summed E-state index contributed by atoms with van der Waals surface area (Å²) in [5.41, 5.74) is 6.73. The van der Waals surface area contributed by atoms with E-state index in [0.717, 1.165) is 5.56 Å². The van der Waals surface area contributed by atoms with Crippen LogP contribution in [-0.2, 0) is 16.1 Å². The van der Waals surface area contributed by atoms with Crippen LogP contribution in [0.25, 0.3) is 0 Å². The summed E-state index contributed by atoms with van der Waals surface area (Å²) >= 11 is 11.9. The van der Waals surface area contributed by atoms with Crippen LogP contribution < -0.4 is 5.73 Å². The van der Waals surface area contributed by atoms with E-state index in [0.29, 0.717) is 29.8 Å². The molecule has 6 heteroatoms. The number of benzene rings is 1. The third-order valence-electron chi connectivity index (χ3n) is 3.16. The van der Waals surface area contributed by atoms with Gasteiger partial charge in [0.1, 0.15) is 0 Å². The maximum Gasteiger partial charge on any atom is 0.229 e. The largest absolute Gasteiger partial charge is 0.379 e. The molecule has 1 amide bonds. The number of carbonyl (C=O) groups excluding carboxylic acids is 1. The van der Waals surface area contributed by atoms with E-state index in [1.54, 1.807) is 30.1 Å². The van der Waals surface area contributed by atoms with Gasteiger partial charge in [-0.05, 0) is 23.8 Å². The SMILES string of the molecule is CN(Cc1cc(Cl)cc(Cl)c1)C(=O)C1COCC1N. The minimum Gasteiger partial charge on any atom is -0.379 e. The molecule has 1 aliphatic heterocycles. The topological polar surface area (TPSA) is 55.6 Å². The van der Waals surface area contributed by atoms with Crippen LogP contribution in [0.1, 0.15) is 5.56 Å². The highest BCUT2D eigenvalue weighted by Gasteiger charge is 2.33. The fourth-order valence-corrected chi connectivity index (χ4v) is 2.73. The molecule has 0 spiro atoms. The number of carbonyl (C=O) groups is 1. The quantitative estimate of drug-likeness (QED) is 0.928. The third kappa shape index (κ3) is 3.60. The second kappa shape index (κ2) is 6.09. The Morgan fingerprint density at radius 2 is 2.00 bits per heavy atom. The molecule has 1 aromatic carbocycles. The monoisotopic (exact) mass is 302 g/mol. The summed E-state index contributed by atoms with van der Waals surface area (Å²) in [5.74, 6) is -0.277. The van der Waals surface area contributed by atoms with Crippen LogP contribution in [0.3, 0.4) is 0 Å². The molecule has 2 unspecified atom stereocenters. The summed E-state index contributed by atoms with van der Waals surface area (Å²) in [4.78, 5) is 13.9. The smallest absolute Gasteiger partial charge is 0.229 e. The van der Waals surface area contributed by atoms with E-state index in [9.17, 15) is 4.79 Å². The molecule has 19 heavy (non-hydrogen) atoms. The van der Waals surface area contributed by atoms with Gasteiger partial charge in [0, 0.05) is 29.7 Å². The number of ether oxygens (including phenoxy) is 1. The molecule has 1 fully saturated rings. The second-order valence-corrected chi connectivity index (χ2v) is 5.65. The van der Waals surface area contributed by atoms with E-state index in [-0.39, 0.29) is 17.9 Å². The van der Waals surface area contributed by atoms with Crippen molar-refractivity contribution in [2.75, 3.05) is 20.3 Å². The maximum atomic E-state index is 12.2. The minimum absolute atomic E-state index is 0.0129. The lowest BCUT2D eigenvalue weighted by molar-refractivity contribution is -0.135. The van der Waals surface area contributed by atoms with Crippen LogP contribution in [0.15, 0.2) is 18.2 Å². The molecular formula is C13H16Cl2N2O2. The first-order chi connectivity index (χ1) is 8.97. The molecule has 2 atom stereocenters. The average molecular weight is 303 g/mol. The molecule has 0 aliphatic carbocycles. The third-order valence-corrected chi connectivity index (χ3v) is 3.60. The van der Waals surface area contributed by atoms with Crippen molar-refractivity contribution in [3.05, 3.63) is 33.8 Å². The minimum atomic E-state index is -0.264. The summed E-state index contributed by atoms with van der Waals surface area (Å²) in [5, 5.41) is 1.12. The van der Waals surface area contributed by atoms with E-state index >= 15 is 0 Å². The van der Waals surface area contributed by atoms with Gasteiger partial charge in [0.2, 0.25) is 5.91 Å². The zero-order chi connectivity index (χ0) is 14.0. The van der Waals surface area contributed by atoms with Crippen LogP contribution in [0.5, 0.6) is 0 Å². The summed E-state index contributed by atoms with van der Waals surface area (Å²) in [6.07, 6.45) is 0. The Hall–Kier alpha value is -0.810. The van der Waals surface area contributed by atoms with Crippen LogP contribution in [-0.4, -0.2) is 37.1 Å². The van der Waals surface area contributed by atoms with Gasteiger partial charge in [0.15, 0.2) is 0 Å². The van der Waals surface area contributed by atoms with Crippen molar-refractivity contribution < 1.29 is 9.53 Å². The van der Waals surface area contributed by atoms with Crippen LogP contribution in [0, 0.1) is 5.92 Å². The predicted molar refractivity (Wildman–Crippen MR) is 75.2 cm³/mol. The lowest BCUT2D eigenvalue weighted by atomic mass is 10.0. The van der Waals surface area contributed by atoms with Gasteiger partial charge in [0.25, 0.3) is 0 Å². The summed E-state index contributed by atoms with van der Waals surface area (Å²) < 4.78 is 5.21. The molecule has 0 saturated carbocycles. The molecule has 1 heterocycles. The van der Waals surface area contributed by atoms with E-state index in [4.69, 9.17) is 33.7 Å². The maximum absolute atomic E-state index is 12.2. The normalized spacial score (nSPS) is 22.5. The lowest BCUT2D eigenvalue weighted by Gasteiger charge is -2.22. The summed E-state index contributed by atoms with van der Waals surface area (Å²) in [7, 11) is 1.74. The standard InChI is InChI=1S/C13H16Cl2N2O2/c1-17(13(18)11-6-19-7-12(11)16)5-8-2-9(14)4-10(15)3-8/h2-4,11-12H,5-7,16H2,1H3. The zero-order valence-electron chi connectivity index (χ0n) is 10.6. The molecule has 1 saturated heterocycles. The molecule has 1 aliphatic rings. The molecule has 2 rings (SSSR count). The molecule has 104 valence electrons. The van der Waals surface area contributed by atoms with Crippen molar-refractivity contribution in [2.45, 2.75) is 12.6 Å². The fraction of sp³-hybridized carbons (Fsp3) is 0.462. The Balaban J connectivity index is 2.03. The van der Waals surface area contributed by atoms with Crippen molar-refractivity contribution in [3.8, 4) is 0 Å². The van der Waals surface area contributed by atoms with Crippen LogP contribution >= 0.6 is 23.2 Å². The summed E-state index contributed by atoms with van der Waals surface area (Å²) in [6.45, 7) is 1.27. The number of nitrogens with zero attached hydrogens (tertiary/aromatic N) is 1. The fourth-order valence-electron chi connectivity index (χ4n) is 2.16. The molecular weight excluding hydrogens is 287 g/mol. The molecule has 2 N–H and O–H groups in total. The van der Waals surface area contributed by atoms with Gasteiger partial charge in [-0.1, -0.05) is 23.2 Å². The van der Waals surface area contributed by atoms with Crippen molar-refractivity contribution in [3.63, 3.8) is 0 Å². The Kier molecular flexibility index (Phi) is 4.68. The molecule has 4 nitrogen and oxygen atoms in total. The summed E-state index contributed by atoms with van der Waals surface area (Å²) in [6, 6.07) is 5.03. The number of hydrogen-bond donors (Lipinski definition) is 1. The second-order valence-electron chi connectivity index (χ2n) is 4.78. The Morgan fingerprint density at radius 1 is 1.37 bits per heavy atom.